The van der Waals surface area contributed by atoms with E-state index in [-0.39, 0.29) is 6.04 Å². The van der Waals surface area contributed by atoms with E-state index >= 15 is 0 Å². The molecule has 1 atom stereocenters. The number of H-pyrrole nitrogens is 1. The van der Waals surface area contributed by atoms with Gasteiger partial charge in [-0.25, -0.2) is 0 Å². The van der Waals surface area contributed by atoms with Gasteiger partial charge < -0.3 is 5.73 Å². The molecular weight excluding hydrogens is 150 g/mol. The Hall–Kier alpha value is -0.830. The normalized spacial score (nSPS) is 21.8. The van der Waals surface area contributed by atoms with E-state index in [0.29, 0.717) is 5.92 Å². The number of nitrogens with two attached hydrogens (primary N) is 1. The molecule has 66 valence electrons. The number of aromatic amines is 1. The van der Waals surface area contributed by atoms with Gasteiger partial charge >= 0.3 is 0 Å². The molecule has 1 aromatic rings. The van der Waals surface area contributed by atoms with Crippen LogP contribution in [-0.4, -0.2) is 10.2 Å². The van der Waals surface area contributed by atoms with Crippen LogP contribution in [0.3, 0.4) is 0 Å². The Balaban J connectivity index is 2.43. The molecule has 1 heterocycles. The smallest absolute Gasteiger partial charge is 0.0682 e. The molecule has 1 aliphatic rings. The molecule has 1 aromatic heterocycles. The maximum absolute atomic E-state index is 5.89. The topological polar surface area (TPSA) is 54.7 Å². The predicted octanol–water partition coefficient (Wildman–Crippen LogP) is 1.48. The summed E-state index contributed by atoms with van der Waals surface area (Å²) in [7, 11) is 0. The van der Waals surface area contributed by atoms with Crippen molar-refractivity contribution < 1.29 is 0 Å². The van der Waals surface area contributed by atoms with Crippen LogP contribution in [0, 0.1) is 0 Å². The lowest BCUT2D eigenvalue weighted by molar-refractivity contribution is 0.675. The van der Waals surface area contributed by atoms with E-state index in [4.69, 9.17) is 5.73 Å². The lowest BCUT2D eigenvalue weighted by Crippen LogP contribution is -2.05. The second kappa shape index (κ2) is 2.59. The molecule has 0 aromatic carbocycles. The number of rotatable bonds is 1. The largest absolute Gasteiger partial charge is 0.323 e. The SMILES string of the molecule is CC(C)c1n[nH]c2c1CCC2N. The molecule has 3 nitrogen and oxygen atoms in total. The average Bonchev–Trinajstić information content (AvgIpc) is 2.53. The van der Waals surface area contributed by atoms with Crippen molar-refractivity contribution in [2.45, 2.75) is 38.6 Å². The minimum absolute atomic E-state index is 0.194. The Kier molecular flexibility index (Phi) is 1.68. The van der Waals surface area contributed by atoms with Gasteiger partial charge in [0.1, 0.15) is 0 Å². The third-order valence-electron chi connectivity index (χ3n) is 2.55. The summed E-state index contributed by atoms with van der Waals surface area (Å²) in [6, 6.07) is 0.194. The maximum Gasteiger partial charge on any atom is 0.0682 e. The highest BCUT2D eigenvalue weighted by atomic mass is 15.1. The first kappa shape index (κ1) is 7.80. The number of hydrogen-bond acceptors (Lipinski definition) is 2. The number of fused-ring (bicyclic) bond motifs is 1. The van der Waals surface area contributed by atoms with Crippen LogP contribution in [0.1, 0.15) is 49.2 Å². The quantitative estimate of drug-likeness (QED) is 0.662. The molecule has 0 radical (unpaired) electrons. The van der Waals surface area contributed by atoms with E-state index in [1.165, 1.54) is 17.0 Å². The van der Waals surface area contributed by atoms with E-state index in [1.54, 1.807) is 0 Å². The second-order valence-electron chi connectivity index (χ2n) is 3.80. The number of nitrogens with one attached hydrogen (secondary N) is 1. The van der Waals surface area contributed by atoms with E-state index in [9.17, 15) is 0 Å². The van der Waals surface area contributed by atoms with Crippen molar-refractivity contribution in [1.82, 2.24) is 10.2 Å². The fraction of sp³-hybridized carbons (Fsp3) is 0.667. The Morgan fingerprint density at radius 1 is 1.58 bits per heavy atom. The molecule has 0 saturated carbocycles. The number of nitrogens with zero attached hydrogens (tertiary/aromatic N) is 1. The van der Waals surface area contributed by atoms with E-state index in [0.717, 1.165) is 12.8 Å². The first-order valence-corrected chi connectivity index (χ1v) is 4.52. The summed E-state index contributed by atoms with van der Waals surface area (Å²) in [4.78, 5) is 0. The third-order valence-corrected chi connectivity index (χ3v) is 2.55. The van der Waals surface area contributed by atoms with Gasteiger partial charge in [0, 0.05) is 6.04 Å². The standard InChI is InChI=1S/C9H15N3/c1-5(2)8-6-3-4-7(10)9(6)12-11-8/h5,7H,3-4,10H2,1-2H3,(H,11,12). The summed E-state index contributed by atoms with van der Waals surface area (Å²) >= 11 is 0. The third kappa shape index (κ3) is 0.966. The van der Waals surface area contributed by atoms with Crippen LogP contribution < -0.4 is 5.73 Å². The van der Waals surface area contributed by atoms with Gasteiger partial charge in [0.25, 0.3) is 0 Å². The van der Waals surface area contributed by atoms with Gasteiger partial charge in [-0.05, 0) is 24.3 Å². The molecular formula is C9H15N3. The monoisotopic (exact) mass is 165 g/mol. The van der Waals surface area contributed by atoms with Crippen molar-refractivity contribution in [1.29, 1.82) is 0 Å². The Bertz CT molecular complexity index is 288. The molecule has 0 spiro atoms. The molecule has 2 rings (SSSR count). The van der Waals surface area contributed by atoms with Crippen LogP contribution in [0.15, 0.2) is 0 Å². The average molecular weight is 165 g/mol. The van der Waals surface area contributed by atoms with Crippen LogP contribution >= 0.6 is 0 Å². The zero-order valence-electron chi connectivity index (χ0n) is 7.59. The predicted molar refractivity (Wildman–Crippen MR) is 47.9 cm³/mol. The van der Waals surface area contributed by atoms with Gasteiger partial charge in [0.05, 0.1) is 11.4 Å². The Labute approximate surface area is 72.4 Å². The Morgan fingerprint density at radius 2 is 2.33 bits per heavy atom. The van der Waals surface area contributed by atoms with Crippen LogP contribution in [0.2, 0.25) is 0 Å². The molecule has 0 saturated heterocycles. The zero-order valence-corrected chi connectivity index (χ0v) is 7.59. The van der Waals surface area contributed by atoms with Gasteiger partial charge in [0.2, 0.25) is 0 Å². The van der Waals surface area contributed by atoms with Crippen LogP contribution in [0.4, 0.5) is 0 Å². The van der Waals surface area contributed by atoms with E-state index in [1.807, 2.05) is 0 Å². The summed E-state index contributed by atoms with van der Waals surface area (Å²) < 4.78 is 0. The van der Waals surface area contributed by atoms with Crippen molar-refractivity contribution >= 4 is 0 Å². The van der Waals surface area contributed by atoms with Gasteiger partial charge in [-0.1, -0.05) is 13.8 Å². The fourth-order valence-corrected chi connectivity index (χ4v) is 1.88. The van der Waals surface area contributed by atoms with Crippen molar-refractivity contribution in [3.05, 3.63) is 17.0 Å². The summed E-state index contributed by atoms with van der Waals surface area (Å²) in [6.07, 6.45) is 2.17. The highest BCUT2D eigenvalue weighted by molar-refractivity contribution is 5.33. The van der Waals surface area contributed by atoms with Gasteiger partial charge in [-0.3, -0.25) is 5.10 Å². The highest BCUT2D eigenvalue weighted by Gasteiger charge is 2.25. The second-order valence-corrected chi connectivity index (χ2v) is 3.80. The Morgan fingerprint density at radius 3 is 3.00 bits per heavy atom. The summed E-state index contributed by atoms with van der Waals surface area (Å²) in [5, 5.41) is 7.33. The summed E-state index contributed by atoms with van der Waals surface area (Å²) in [6.45, 7) is 4.33. The van der Waals surface area contributed by atoms with E-state index in [2.05, 4.69) is 24.0 Å². The minimum atomic E-state index is 0.194. The summed E-state index contributed by atoms with van der Waals surface area (Å²) in [5.41, 5.74) is 9.63. The van der Waals surface area contributed by atoms with Gasteiger partial charge in [0.15, 0.2) is 0 Å². The molecule has 0 fully saturated rings. The van der Waals surface area contributed by atoms with Crippen molar-refractivity contribution in [2.24, 2.45) is 5.73 Å². The number of hydrogen-bond donors (Lipinski definition) is 2. The van der Waals surface area contributed by atoms with Crippen LogP contribution in [0.5, 0.6) is 0 Å². The highest BCUT2D eigenvalue weighted by Crippen LogP contribution is 2.32. The van der Waals surface area contributed by atoms with Crippen molar-refractivity contribution in [2.75, 3.05) is 0 Å². The number of aromatic nitrogens is 2. The first-order valence-electron chi connectivity index (χ1n) is 4.52. The van der Waals surface area contributed by atoms with Crippen molar-refractivity contribution in [3.8, 4) is 0 Å². The zero-order chi connectivity index (χ0) is 8.72. The fourth-order valence-electron chi connectivity index (χ4n) is 1.88. The van der Waals surface area contributed by atoms with Gasteiger partial charge in [-0.15, -0.1) is 0 Å². The lowest BCUT2D eigenvalue weighted by atomic mass is 10.1. The first-order chi connectivity index (χ1) is 5.70. The molecule has 12 heavy (non-hydrogen) atoms. The van der Waals surface area contributed by atoms with Gasteiger partial charge in [-0.2, -0.15) is 5.10 Å². The molecule has 0 amide bonds. The van der Waals surface area contributed by atoms with E-state index < -0.39 is 0 Å². The minimum Gasteiger partial charge on any atom is -0.323 e. The summed E-state index contributed by atoms with van der Waals surface area (Å²) in [5.74, 6) is 0.510. The van der Waals surface area contributed by atoms with Crippen molar-refractivity contribution in [3.63, 3.8) is 0 Å². The molecule has 3 heteroatoms. The van der Waals surface area contributed by atoms with Crippen LogP contribution in [-0.2, 0) is 6.42 Å². The molecule has 0 bridgehead atoms. The molecule has 1 aliphatic carbocycles. The molecule has 3 N–H and O–H groups in total. The molecule has 0 aliphatic heterocycles. The molecule has 1 unspecified atom stereocenters. The van der Waals surface area contributed by atoms with Crippen LogP contribution in [0.25, 0.3) is 0 Å². The lowest BCUT2D eigenvalue weighted by Gasteiger charge is -2.00. The maximum atomic E-state index is 5.89.